The highest BCUT2D eigenvalue weighted by molar-refractivity contribution is 6.33. The molecule has 1 aromatic carbocycles. The number of para-hydroxylation sites is 1. The molecule has 0 atom stereocenters. The highest BCUT2D eigenvalue weighted by atomic mass is 35.5. The Morgan fingerprint density at radius 3 is 2.44 bits per heavy atom. The Morgan fingerprint density at radius 2 is 1.94 bits per heavy atom. The molecule has 0 aliphatic carbocycles. The summed E-state index contributed by atoms with van der Waals surface area (Å²) in [6, 6.07) is 2.09. The maximum atomic E-state index is 12.7. The van der Waals surface area contributed by atoms with Crippen molar-refractivity contribution in [2.75, 3.05) is 0 Å². The van der Waals surface area contributed by atoms with E-state index in [2.05, 4.69) is 4.99 Å². The first-order chi connectivity index (χ1) is 8.21. The summed E-state index contributed by atoms with van der Waals surface area (Å²) in [4.78, 5) is 13.9. The molecule has 0 radical (unpaired) electrons. The molecule has 5 nitrogen and oxygen atoms in total. The number of benzene rings is 1. The van der Waals surface area contributed by atoms with Gasteiger partial charge in [0.05, 0.1) is 16.3 Å². The molecule has 18 heavy (non-hydrogen) atoms. The van der Waals surface area contributed by atoms with E-state index in [0.717, 1.165) is 12.1 Å². The lowest BCUT2D eigenvalue weighted by Gasteiger charge is -2.11. The third-order valence-corrected chi connectivity index (χ3v) is 2.08. The van der Waals surface area contributed by atoms with E-state index in [1.54, 1.807) is 0 Å². The number of halogens is 4. The monoisotopic (exact) mass is 280 g/mol. The van der Waals surface area contributed by atoms with Gasteiger partial charge in [0.15, 0.2) is 0 Å². The van der Waals surface area contributed by atoms with Crippen molar-refractivity contribution in [2.45, 2.75) is 6.18 Å². The van der Waals surface area contributed by atoms with E-state index in [1.165, 1.54) is 6.07 Å². The third kappa shape index (κ3) is 3.52. The van der Waals surface area contributed by atoms with Crippen molar-refractivity contribution in [1.82, 2.24) is 5.32 Å². The number of primary amides is 1. The van der Waals surface area contributed by atoms with Gasteiger partial charge in [-0.2, -0.15) is 13.2 Å². The molecule has 0 unspecified atom stereocenters. The fourth-order valence-electron chi connectivity index (χ4n) is 1.13. The number of nitrogens with two attached hydrogens (primary N) is 2. The maximum Gasteiger partial charge on any atom is 0.418 e. The van der Waals surface area contributed by atoms with Crippen LogP contribution in [0.4, 0.5) is 23.7 Å². The molecule has 1 rings (SSSR count). The standard InChI is InChI=1S/C9H8ClF3N4O/c10-5-3-1-2-4(9(11,12)13)6(5)16-7(14)17-8(15)18/h1-3H,(H5,14,15,16,17,18). The predicted octanol–water partition coefficient (Wildman–Crippen LogP) is 1.97. The molecular formula is C9H8ClF3N4O. The lowest BCUT2D eigenvalue weighted by molar-refractivity contribution is -0.137. The van der Waals surface area contributed by atoms with Crippen LogP contribution < -0.4 is 16.8 Å². The molecule has 0 saturated carbocycles. The topological polar surface area (TPSA) is 93.5 Å². The van der Waals surface area contributed by atoms with Gasteiger partial charge in [0.2, 0.25) is 5.96 Å². The summed E-state index contributed by atoms with van der Waals surface area (Å²) >= 11 is 5.61. The molecule has 0 bridgehead atoms. The fraction of sp³-hybridized carbons (Fsp3) is 0.111. The van der Waals surface area contributed by atoms with E-state index in [-0.39, 0.29) is 5.02 Å². The van der Waals surface area contributed by atoms with Crippen LogP contribution in [0.3, 0.4) is 0 Å². The summed E-state index contributed by atoms with van der Waals surface area (Å²) in [7, 11) is 0. The second-order valence-corrected chi connectivity index (χ2v) is 3.53. The zero-order valence-electron chi connectivity index (χ0n) is 8.75. The zero-order chi connectivity index (χ0) is 13.9. The van der Waals surface area contributed by atoms with Crippen LogP contribution in [0.5, 0.6) is 0 Å². The maximum absolute atomic E-state index is 12.7. The molecule has 0 heterocycles. The highest BCUT2D eigenvalue weighted by Crippen LogP contribution is 2.40. The van der Waals surface area contributed by atoms with Gasteiger partial charge in [0.25, 0.3) is 0 Å². The minimum atomic E-state index is -4.64. The van der Waals surface area contributed by atoms with Crippen molar-refractivity contribution in [3.8, 4) is 0 Å². The molecule has 98 valence electrons. The van der Waals surface area contributed by atoms with E-state index >= 15 is 0 Å². The van der Waals surface area contributed by atoms with Crippen molar-refractivity contribution in [3.63, 3.8) is 0 Å². The number of carbonyl (C=O) groups excluding carboxylic acids is 1. The van der Waals surface area contributed by atoms with Crippen LogP contribution in [-0.4, -0.2) is 12.0 Å². The number of rotatable bonds is 1. The summed E-state index contributed by atoms with van der Waals surface area (Å²) < 4.78 is 38.0. The Kier molecular flexibility index (Phi) is 4.02. The van der Waals surface area contributed by atoms with E-state index in [4.69, 9.17) is 23.1 Å². The smallest absolute Gasteiger partial charge is 0.369 e. The minimum Gasteiger partial charge on any atom is -0.369 e. The van der Waals surface area contributed by atoms with Crippen LogP contribution in [0.15, 0.2) is 23.2 Å². The number of urea groups is 1. The van der Waals surface area contributed by atoms with Crippen LogP contribution in [0.2, 0.25) is 5.02 Å². The molecule has 5 N–H and O–H groups in total. The van der Waals surface area contributed by atoms with Crippen molar-refractivity contribution in [3.05, 3.63) is 28.8 Å². The highest BCUT2D eigenvalue weighted by Gasteiger charge is 2.34. The van der Waals surface area contributed by atoms with Gasteiger partial charge in [-0.15, -0.1) is 0 Å². The first kappa shape index (κ1) is 14.1. The lowest BCUT2D eigenvalue weighted by Crippen LogP contribution is -2.40. The fourth-order valence-corrected chi connectivity index (χ4v) is 1.35. The average molecular weight is 281 g/mol. The Hall–Kier alpha value is -1.96. The van der Waals surface area contributed by atoms with Crippen molar-refractivity contribution >= 4 is 29.3 Å². The number of hydrogen-bond donors (Lipinski definition) is 3. The molecular weight excluding hydrogens is 273 g/mol. The van der Waals surface area contributed by atoms with Crippen molar-refractivity contribution < 1.29 is 18.0 Å². The van der Waals surface area contributed by atoms with Gasteiger partial charge in [0.1, 0.15) is 0 Å². The van der Waals surface area contributed by atoms with E-state index < -0.39 is 29.4 Å². The summed E-state index contributed by atoms with van der Waals surface area (Å²) in [5.41, 5.74) is 8.29. The number of carbonyl (C=O) groups is 1. The number of nitrogens with zero attached hydrogens (tertiary/aromatic N) is 1. The molecule has 0 aliphatic heterocycles. The van der Waals surface area contributed by atoms with Gasteiger partial charge >= 0.3 is 12.2 Å². The Balaban J connectivity index is 3.27. The van der Waals surface area contributed by atoms with E-state index in [9.17, 15) is 18.0 Å². The minimum absolute atomic E-state index is 0.251. The molecule has 0 aromatic heterocycles. The van der Waals surface area contributed by atoms with E-state index in [1.807, 2.05) is 5.32 Å². The molecule has 1 aromatic rings. The van der Waals surface area contributed by atoms with Gasteiger partial charge in [-0.25, -0.2) is 9.79 Å². The van der Waals surface area contributed by atoms with Crippen LogP contribution in [0.1, 0.15) is 5.56 Å². The zero-order valence-corrected chi connectivity index (χ0v) is 9.51. The van der Waals surface area contributed by atoms with Gasteiger partial charge in [0, 0.05) is 0 Å². The molecule has 0 spiro atoms. The Bertz CT molecular complexity index is 501. The summed E-state index contributed by atoms with van der Waals surface area (Å²) in [5.74, 6) is -0.582. The normalized spacial score (nSPS) is 12.3. The van der Waals surface area contributed by atoms with Crippen molar-refractivity contribution in [2.24, 2.45) is 16.5 Å². The molecule has 0 aliphatic rings. The van der Waals surface area contributed by atoms with Crippen LogP contribution >= 0.6 is 11.6 Å². The number of guanidine groups is 1. The summed E-state index contributed by atoms with van der Waals surface area (Å²) in [6.45, 7) is 0. The number of amides is 2. The molecule has 9 heteroatoms. The van der Waals surface area contributed by atoms with Crippen LogP contribution in [0.25, 0.3) is 0 Å². The van der Waals surface area contributed by atoms with Gasteiger partial charge in [-0.3, -0.25) is 5.32 Å². The lowest BCUT2D eigenvalue weighted by atomic mass is 10.2. The second-order valence-electron chi connectivity index (χ2n) is 3.12. The summed E-state index contributed by atoms with van der Waals surface area (Å²) in [6.07, 6.45) is -4.64. The van der Waals surface area contributed by atoms with E-state index in [0.29, 0.717) is 0 Å². The SMILES string of the molecule is NC(=O)NC(N)=Nc1c(Cl)cccc1C(F)(F)F. The average Bonchev–Trinajstić information content (AvgIpc) is 2.18. The number of alkyl halides is 3. The number of hydrogen-bond acceptors (Lipinski definition) is 2. The number of nitrogens with one attached hydrogen (secondary N) is 1. The van der Waals surface area contributed by atoms with Crippen LogP contribution in [-0.2, 0) is 6.18 Å². The Morgan fingerprint density at radius 1 is 1.33 bits per heavy atom. The molecule has 2 amide bonds. The summed E-state index contributed by atoms with van der Waals surface area (Å²) in [5, 5.41) is 1.59. The van der Waals surface area contributed by atoms with Gasteiger partial charge < -0.3 is 11.5 Å². The number of aliphatic imine (C=N–C) groups is 1. The Labute approximate surface area is 105 Å². The first-order valence-corrected chi connectivity index (χ1v) is 4.86. The van der Waals surface area contributed by atoms with Crippen molar-refractivity contribution in [1.29, 1.82) is 0 Å². The largest absolute Gasteiger partial charge is 0.418 e. The second kappa shape index (κ2) is 5.13. The third-order valence-electron chi connectivity index (χ3n) is 1.78. The molecule has 0 saturated heterocycles. The van der Waals surface area contributed by atoms with Crippen LogP contribution in [0, 0.1) is 0 Å². The van der Waals surface area contributed by atoms with Gasteiger partial charge in [-0.05, 0) is 12.1 Å². The molecule has 0 fully saturated rings. The first-order valence-electron chi connectivity index (χ1n) is 4.48. The predicted molar refractivity (Wildman–Crippen MR) is 60.5 cm³/mol. The van der Waals surface area contributed by atoms with Gasteiger partial charge in [-0.1, -0.05) is 17.7 Å². The quantitative estimate of drug-likeness (QED) is 0.542.